The molecule has 1 aromatic rings. The molecule has 4 heteroatoms. The highest BCUT2D eigenvalue weighted by atomic mass is 15.7. The van der Waals surface area contributed by atoms with E-state index < -0.39 is 0 Å². The second-order valence-electron chi connectivity index (χ2n) is 4.73. The standard InChI is InChI=1S/C15H14N4/c1-11-4-3-5-12(6-11)13-9-17-15-7-14(8-16)18(2)19(15)10-13/h3-7,9-10,14H,1-2H3. The third kappa shape index (κ3) is 1.94. The fourth-order valence-corrected chi connectivity index (χ4v) is 2.28. The molecule has 0 N–H and O–H groups in total. The molecule has 0 fully saturated rings. The molecule has 0 saturated carbocycles. The molecule has 4 nitrogen and oxygen atoms in total. The van der Waals surface area contributed by atoms with E-state index in [0.29, 0.717) is 0 Å². The molecule has 1 unspecified atom stereocenters. The van der Waals surface area contributed by atoms with E-state index in [1.807, 2.05) is 41.6 Å². The molecule has 0 aromatic heterocycles. The van der Waals surface area contributed by atoms with Gasteiger partial charge in [0.1, 0.15) is 11.9 Å². The van der Waals surface area contributed by atoms with E-state index in [1.165, 1.54) is 5.56 Å². The van der Waals surface area contributed by atoms with Crippen molar-refractivity contribution in [2.45, 2.75) is 13.0 Å². The first-order chi connectivity index (χ1) is 9.19. The molecular formula is C15H14N4. The van der Waals surface area contributed by atoms with Crippen LogP contribution >= 0.6 is 0 Å². The van der Waals surface area contributed by atoms with Crippen molar-refractivity contribution in [3.63, 3.8) is 0 Å². The van der Waals surface area contributed by atoms with Crippen LogP contribution in [0, 0.1) is 18.3 Å². The Morgan fingerprint density at radius 2 is 2.21 bits per heavy atom. The Morgan fingerprint density at radius 3 is 2.95 bits per heavy atom. The predicted molar refractivity (Wildman–Crippen MR) is 74.7 cm³/mol. The second kappa shape index (κ2) is 4.38. The lowest BCUT2D eigenvalue weighted by Crippen LogP contribution is -2.35. The van der Waals surface area contributed by atoms with Crippen LogP contribution in [0.15, 0.2) is 47.4 Å². The molecule has 2 heterocycles. The number of fused-ring (bicyclic) bond motifs is 1. The largest absolute Gasteiger partial charge is 0.263 e. The van der Waals surface area contributed by atoms with Crippen molar-refractivity contribution in [3.05, 3.63) is 53.5 Å². The summed E-state index contributed by atoms with van der Waals surface area (Å²) in [6.07, 6.45) is 5.73. The molecule has 1 atom stereocenters. The van der Waals surface area contributed by atoms with Gasteiger partial charge in [0.15, 0.2) is 0 Å². The highest BCUT2D eigenvalue weighted by Gasteiger charge is 2.29. The maximum atomic E-state index is 9.07. The summed E-state index contributed by atoms with van der Waals surface area (Å²) >= 11 is 0. The van der Waals surface area contributed by atoms with Gasteiger partial charge < -0.3 is 0 Å². The fourth-order valence-electron chi connectivity index (χ4n) is 2.28. The van der Waals surface area contributed by atoms with Crippen LogP contribution in [0.3, 0.4) is 0 Å². The maximum Gasteiger partial charge on any atom is 0.145 e. The van der Waals surface area contributed by atoms with Crippen molar-refractivity contribution in [3.8, 4) is 6.07 Å². The number of aryl methyl sites for hydroxylation is 1. The van der Waals surface area contributed by atoms with Crippen LogP contribution in [0.2, 0.25) is 0 Å². The van der Waals surface area contributed by atoms with E-state index in [1.54, 1.807) is 0 Å². The third-order valence-corrected chi connectivity index (χ3v) is 3.37. The molecule has 2 aliphatic rings. The molecule has 3 rings (SSSR count). The van der Waals surface area contributed by atoms with Crippen molar-refractivity contribution >= 4 is 11.8 Å². The molecule has 0 spiro atoms. The number of hydrogen-bond donors (Lipinski definition) is 0. The van der Waals surface area contributed by atoms with Gasteiger partial charge in [-0.05, 0) is 18.6 Å². The molecule has 94 valence electrons. The molecule has 0 radical (unpaired) electrons. The molecule has 0 amide bonds. The first-order valence-electron chi connectivity index (χ1n) is 6.15. The summed E-state index contributed by atoms with van der Waals surface area (Å²) in [6.45, 7) is 2.07. The van der Waals surface area contributed by atoms with Gasteiger partial charge in [0.25, 0.3) is 0 Å². The van der Waals surface area contributed by atoms with Crippen LogP contribution in [0.1, 0.15) is 11.1 Å². The first-order valence-corrected chi connectivity index (χ1v) is 6.15. The normalized spacial score (nSPS) is 21.7. The summed E-state index contributed by atoms with van der Waals surface area (Å²) in [6, 6.07) is 10.3. The van der Waals surface area contributed by atoms with Crippen LogP contribution in [0.4, 0.5) is 0 Å². The van der Waals surface area contributed by atoms with Gasteiger partial charge in [0, 0.05) is 25.0 Å². The predicted octanol–water partition coefficient (Wildman–Crippen LogP) is 2.32. The van der Waals surface area contributed by atoms with Crippen molar-refractivity contribution in [1.29, 1.82) is 5.26 Å². The van der Waals surface area contributed by atoms with Crippen LogP contribution in [0.5, 0.6) is 0 Å². The number of nitriles is 1. The minimum Gasteiger partial charge on any atom is -0.263 e. The Kier molecular flexibility index (Phi) is 2.69. The number of allylic oxidation sites excluding steroid dienone is 1. The summed E-state index contributed by atoms with van der Waals surface area (Å²) in [5, 5.41) is 12.9. The number of rotatable bonds is 1. The Balaban J connectivity index is 1.97. The molecule has 19 heavy (non-hydrogen) atoms. The smallest absolute Gasteiger partial charge is 0.145 e. The molecule has 0 bridgehead atoms. The summed E-state index contributed by atoms with van der Waals surface area (Å²) in [7, 11) is 1.89. The number of likely N-dealkylation sites (N-methyl/N-ethyl adjacent to an activating group) is 1. The third-order valence-electron chi connectivity index (χ3n) is 3.37. The van der Waals surface area contributed by atoms with Gasteiger partial charge in [-0.15, -0.1) is 0 Å². The topological polar surface area (TPSA) is 42.6 Å². The van der Waals surface area contributed by atoms with Crippen LogP contribution in [-0.2, 0) is 0 Å². The van der Waals surface area contributed by atoms with Crippen molar-refractivity contribution < 1.29 is 0 Å². The van der Waals surface area contributed by atoms with E-state index in [2.05, 4.69) is 36.2 Å². The fraction of sp³-hybridized carbons (Fsp3) is 0.200. The van der Waals surface area contributed by atoms with Crippen molar-refractivity contribution in [1.82, 2.24) is 10.0 Å². The Bertz CT molecular complexity index is 648. The van der Waals surface area contributed by atoms with E-state index >= 15 is 0 Å². The summed E-state index contributed by atoms with van der Waals surface area (Å²) < 4.78 is 0. The molecule has 0 aliphatic carbocycles. The van der Waals surface area contributed by atoms with Gasteiger partial charge >= 0.3 is 0 Å². The number of nitrogens with zero attached hydrogens (tertiary/aromatic N) is 4. The van der Waals surface area contributed by atoms with E-state index in [0.717, 1.165) is 17.0 Å². The zero-order chi connectivity index (χ0) is 13.4. The van der Waals surface area contributed by atoms with Crippen molar-refractivity contribution in [2.24, 2.45) is 4.99 Å². The molecule has 0 saturated heterocycles. The first kappa shape index (κ1) is 11.7. The second-order valence-corrected chi connectivity index (χ2v) is 4.73. The van der Waals surface area contributed by atoms with Crippen LogP contribution in [0.25, 0.3) is 5.57 Å². The lowest BCUT2D eigenvalue weighted by atomic mass is 10.0. The lowest BCUT2D eigenvalue weighted by molar-refractivity contribution is 0.104. The highest BCUT2D eigenvalue weighted by Crippen LogP contribution is 2.28. The lowest BCUT2D eigenvalue weighted by Gasteiger charge is -2.28. The van der Waals surface area contributed by atoms with E-state index in [-0.39, 0.29) is 6.04 Å². The summed E-state index contributed by atoms with van der Waals surface area (Å²) in [4.78, 5) is 4.43. The number of hydrogen-bond acceptors (Lipinski definition) is 4. The SMILES string of the molecule is Cc1cccc(C2=CN3C(=CC(C#N)N3C)N=C2)c1. The number of hydrazine groups is 1. The number of aliphatic imine (C=N–C) groups is 1. The average molecular weight is 250 g/mol. The average Bonchev–Trinajstić information content (AvgIpc) is 2.75. The van der Waals surface area contributed by atoms with Crippen molar-refractivity contribution in [2.75, 3.05) is 7.05 Å². The van der Waals surface area contributed by atoms with E-state index in [9.17, 15) is 0 Å². The van der Waals surface area contributed by atoms with Crippen LogP contribution in [-0.4, -0.2) is 29.3 Å². The number of benzene rings is 1. The highest BCUT2D eigenvalue weighted by molar-refractivity contribution is 6.10. The molecular weight excluding hydrogens is 236 g/mol. The zero-order valence-corrected chi connectivity index (χ0v) is 10.9. The van der Waals surface area contributed by atoms with Gasteiger partial charge in [0.05, 0.1) is 6.07 Å². The quantitative estimate of drug-likeness (QED) is 0.768. The minimum atomic E-state index is -0.250. The van der Waals surface area contributed by atoms with Gasteiger partial charge in [-0.1, -0.05) is 29.8 Å². The van der Waals surface area contributed by atoms with Crippen LogP contribution < -0.4 is 0 Å². The van der Waals surface area contributed by atoms with Gasteiger partial charge in [-0.25, -0.2) is 4.99 Å². The molecule has 1 aromatic carbocycles. The van der Waals surface area contributed by atoms with Gasteiger partial charge in [0.2, 0.25) is 0 Å². The van der Waals surface area contributed by atoms with Gasteiger partial charge in [-0.2, -0.15) is 10.3 Å². The monoisotopic (exact) mass is 250 g/mol. The summed E-state index contributed by atoms with van der Waals surface area (Å²) in [5.41, 5.74) is 3.40. The van der Waals surface area contributed by atoms with Gasteiger partial charge in [-0.3, -0.25) is 5.01 Å². The Labute approximate surface area is 112 Å². The maximum absolute atomic E-state index is 9.07. The van der Waals surface area contributed by atoms with E-state index in [4.69, 9.17) is 5.26 Å². The minimum absolute atomic E-state index is 0.250. The Hall–Kier alpha value is -2.38. The zero-order valence-electron chi connectivity index (χ0n) is 10.9. The Morgan fingerprint density at radius 1 is 1.37 bits per heavy atom. The summed E-state index contributed by atoms with van der Waals surface area (Å²) in [5.74, 6) is 0.811. The molecule has 2 aliphatic heterocycles.